The first-order valence-electron chi connectivity index (χ1n) is 5.68. The van der Waals surface area contributed by atoms with Crippen LogP contribution in [-0.4, -0.2) is 24.0 Å². The quantitative estimate of drug-likeness (QED) is 0.908. The van der Waals surface area contributed by atoms with Crippen LogP contribution in [0.25, 0.3) is 0 Å². The van der Waals surface area contributed by atoms with Crippen LogP contribution in [0.5, 0.6) is 0 Å². The van der Waals surface area contributed by atoms with Crippen molar-refractivity contribution >= 4 is 33.4 Å². The molecule has 1 fully saturated rings. The van der Waals surface area contributed by atoms with Crippen molar-refractivity contribution in [2.45, 2.75) is 19.3 Å². The third kappa shape index (κ3) is 3.44. The van der Waals surface area contributed by atoms with E-state index in [-0.39, 0.29) is 5.91 Å². The van der Waals surface area contributed by atoms with Crippen molar-refractivity contribution < 1.29 is 4.79 Å². The standard InChI is InChI=1S/C12H14BrClN2O/c13-9-4-5-11(14)10(8-9)12(17)15-16-6-2-1-3-7-16/h4-5,8H,1-3,6-7H2,(H,15,17). The zero-order valence-electron chi connectivity index (χ0n) is 9.38. The van der Waals surface area contributed by atoms with Crippen molar-refractivity contribution in [2.75, 3.05) is 13.1 Å². The fourth-order valence-electron chi connectivity index (χ4n) is 1.88. The van der Waals surface area contributed by atoms with E-state index in [1.165, 1.54) is 6.42 Å². The molecule has 0 radical (unpaired) electrons. The van der Waals surface area contributed by atoms with Gasteiger partial charge in [-0.2, -0.15) is 0 Å². The summed E-state index contributed by atoms with van der Waals surface area (Å²) in [6.45, 7) is 1.83. The number of amides is 1. The number of nitrogens with zero attached hydrogens (tertiary/aromatic N) is 1. The van der Waals surface area contributed by atoms with Crippen molar-refractivity contribution in [3.63, 3.8) is 0 Å². The Morgan fingerprint density at radius 1 is 1.29 bits per heavy atom. The van der Waals surface area contributed by atoms with Crippen molar-refractivity contribution in [3.8, 4) is 0 Å². The van der Waals surface area contributed by atoms with E-state index >= 15 is 0 Å². The Bertz CT molecular complexity index is 419. The van der Waals surface area contributed by atoms with Gasteiger partial charge in [0.25, 0.3) is 5.91 Å². The van der Waals surface area contributed by atoms with Crippen LogP contribution in [0.2, 0.25) is 5.02 Å². The average Bonchev–Trinajstić information content (AvgIpc) is 2.33. The highest BCUT2D eigenvalue weighted by Gasteiger charge is 2.16. The summed E-state index contributed by atoms with van der Waals surface area (Å²) in [4.78, 5) is 12.0. The summed E-state index contributed by atoms with van der Waals surface area (Å²) in [7, 11) is 0. The van der Waals surface area contributed by atoms with Gasteiger partial charge in [-0.05, 0) is 31.0 Å². The second-order valence-electron chi connectivity index (χ2n) is 4.11. The summed E-state index contributed by atoms with van der Waals surface area (Å²) in [5.74, 6) is -0.141. The minimum absolute atomic E-state index is 0.141. The number of hydrogen-bond donors (Lipinski definition) is 1. The largest absolute Gasteiger partial charge is 0.285 e. The Labute approximate surface area is 114 Å². The molecule has 1 heterocycles. The molecular formula is C12H14BrClN2O. The van der Waals surface area contributed by atoms with Gasteiger partial charge in [0.15, 0.2) is 0 Å². The molecule has 3 nitrogen and oxygen atoms in total. The molecule has 0 saturated carbocycles. The first-order chi connectivity index (χ1) is 8.16. The molecule has 0 bridgehead atoms. The number of piperidine rings is 1. The number of hydrazine groups is 1. The predicted octanol–water partition coefficient (Wildman–Crippen LogP) is 3.23. The summed E-state index contributed by atoms with van der Waals surface area (Å²) >= 11 is 9.35. The smallest absolute Gasteiger partial charge is 0.267 e. The molecule has 1 aliphatic heterocycles. The zero-order chi connectivity index (χ0) is 12.3. The zero-order valence-corrected chi connectivity index (χ0v) is 11.7. The molecule has 1 aliphatic rings. The van der Waals surface area contributed by atoms with Crippen LogP contribution in [0.15, 0.2) is 22.7 Å². The highest BCUT2D eigenvalue weighted by atomic mass is 79.9. The lowest BCUT2D eigenvalue weighted by atomic mass is 10.1. The summed E-state index contributed by atoms with van der Waals surface area (Å²) in [5, 5.41) is 2.44. The highest BCUT2D eigenvalue weighted by Crippen LogP contribution is 2.21. The van der Waals surface area contributed by atoms with E-state index in [0.717, 1.165) is 30.4 Å². The Morgan fingerprint density at radius 3 is 2.71 bits per heavy atom. The van der Waals surface area contributed by atoms with Crippen LogP contribution >= 0.6 is 27.5 Å². The molecule has 1 N–H and O–H groups in total. The SMILES string of the molecule is O=C(NN1CCCCC1)c1cc(Br)ccc1Cl. The van der Waals surface area contributed by atoms with Crippen molar-refractivity contribution in [3.05, 3.63) is 33.3 Å². The van der Waals surface area contributed by atoms with Crippen LogP contribution in [-0.2, 0) is 0 Å². The van der Waals surface area contributed by atoms with Crippen LogP contribution in [0.3, 0.4) is 0 Å². The number of carbonyl (C=O) groups is 1. The predicted molar refractivity (Wildman–Crippen MR) is 72.0 cm³/mol. The van der Waals surface area contributed by atoms with Crippen molar-refractivity contribution in [2.24, 2.45) is 0 Å². The minimum Gasteiger partial charge on any atom is -0.285 e. The molecule has 0 atom stereocenters. The third-order valence-corrected chi connectivity index (χ3v) is 3.61. The van der Waals surface area contributed by atoms with Gasteiger partial charge in [0.05, 0.1) is 10.6 Å². The summed E-state index contributed by atoms with van der Waals surface area (Å²) in [6, 6.07) is 5.28. The van der Waals surface area contributed by atoms with Crippen LogP contribution in [0.4, 0.5) is 0 Å². The van der Waals surface area contributed by atoms with E-state index in [0.29, 0.717) is 10.6 Å². The third-order valence-electron chi connectivity index (χ3n) is 2.79. The first-order valence-corrected chi connectivity index (χ1v) is 6.85. The van der Waals surface area contributed by atoms with Gasteiger partial charge in [0.2, 0.25) is 0 Å². The van der Waals surface area contributed by atoms with Crippen molar-refractivity contribution in [1.29, 1.82) is 0 Å². The Balaban J connectivity index is 2.05. The van der Waals surface area contributed by atoms with E-state index in [1.54, 1.807) is 12.1 Å². The van der Waals surface area contributed by atoms with E-state index in [4.69, 9.17) is 11.6 Å². The molecule has 92 valence electrons. The van der Waals surface area contributed by atoms with E-state index in [9.17, 15) is 4.79 Å². The van der Waals surface area contributed by atoms with Gasteiger partial charge in [-0.3, -0.25) is 10.2 Å². The molecule has 1 aromatic rings. The molecule has 17 heavy (non-hydrogen) atoms. The fraction of sp³-hybridized carbons (Fsp3) is 0.417. The molecule has 5 heteroatoms. The highest BCUT2D eigenvalue weighted by molar-refractivity contribution is 9.10. The maximum Gasteiger partial charge on any atom is 0.267 e. The Kier molecular flexibility index (Phi) is 4.42. The lowest BCUT2D eigenvalue weighted by Crippen LogP contribution is -2.45. The van der Waals surface area contributed by atoms with Crippen LogP contribution < -0.4 is 5.43 Å². The van der Waals surface area contributed by atoms with E-state index in [2.05, 4.69) is 21.4 Å². The lowest BCUT2D eigenvalue weighted by molar-refractivity contribution is 0.0750. The second kappa shape index (κ2) is 5.85. The van der Waals surface area contributed by atoms with Gasteiger partial charge in [-0.1, -0.05) is 34.0 Å². The van der Waals surface area contributed by atoms with Gasteiger partial charge in [0, 0.05) is 17.6 Å². The Morgan fingerprint density at radius 2 is 2.00 bits per heavy atom. The minimum atomic E-state index is -0.141. The second-order valence-corrected chi connectivity index (χ2v) is 5.44. The number of hydrogen-bond acceptors (Lipinski definition) is 2. The van der Waals surface area contributed by atoms with Gasteiger partial charge in [-0.25, -0.2) is 5.01 Å². The molecule has 1 amide bonds. The monoisotopic (exact) mass is 316 g/mol. The number of rotatable bonds is 2. The summed E-state index contributed by atoms with van der Waals surface area (Å²) < 4.78 is 0.852. The molecule has 1 aromatic carbocycles. The first kappa shape index (κ1) is 12.9. The van der Waals surface area contributed by atoms with E-state index < -0.39 is 0 Å². The maximum absolute atomic E-state index is 12.0. The molecule has 0 aliphatic carbocycles. The topological polar surface area (TPSA) is 32.3 Å². The Hall–Kier alpha value is -0.580. The molecule has 0 spiro atoms. The van der Waals surface area contributed by atoms with Crippen LogP contribution in [0.1, 0.15) is 29.6 Å². The summed E-state index contributed by atoms with van der Waals surface area (Å²) in [6.07, 6.45) is 3.50. The van der Waals surface area contributed by atoms with Crippen molar-refractivity contribution in [1.82, 2.24) is 10.4 Å². The average molecular weight is 318 g/mol. The molecular weight excluding hydrogens is 304 g/mol. The van der Waals surface area contributed by atoms with Gasteiger partial charge in [0.1, 0.15) is 0 Å². The van der Waals surface area contributed by atoms with E-state index in [1.807, 2.05) is 11.1 Å². The molecule has 1 saturated heterocycles. The number of carbonyl (C=O) groups excluding carboxylic acids is 1. The number of benzene rings is 1. The lowest BCUT2D eigenvalue weighted by Gasteiger charge is -2.26. The number of nitrogens with one attached hydrogen (secondary N) is 1. The molecule has 0 aromatic heterocycles. The van der Waals surface area contributed by atoms with Crippen LogP contribution in [0, 0.1) is 0 Å². The normalized spacial score (nSPS) is 16.8. The fourth-order valence-corrected chi connectivity index (χ4v) is 2.45. The van der Waals surface area contributed by atoms with Gasteiger partial charge in [-0.15, -0.1) is 0 Å². The number of halogens is 2. The molecule has 0 unspecified atom stereocenters. The van der Waals surface area contributed by atoms with Gasteiger partial charge >= 0.3 is 0 Å². The molecule has 2 rings (SSSR count). The van der Waals surface area contributed by atoms with Gasteiger partial charge < -0.3 is 0 Å². The maximum atomic E-state index is 12.0. The summed E-state index contributed by atoms with van der Waals surface area (Å²) in [5.41, 5.74) is 3.40.